The number of benzene rings is 1. The minimum atomic E-state index is -1.04. The lowest BCUT2D eigenvalue weighted by molar-refractivity contribution is 0.313. The van der Waals surface area contributed by atoms with Gasteiger partial charge in [-0.1, -0.05) is 25.1 Å². The maximum Gasteiger partial charge on any atom is 0.223 e. The molecule has 2 aromatic rings. The second-order valence-corrected chi connectivity index (χ2v) is 6.92. The third-order valence-electron chi connectivity index (χ3n) is 3.24. The zero-order chi connectivity index (χ0) is 17.2. The van der Waals surface area contributed by atoms with Gasteiger partial charge in [0.25, 0.3) is 0 Å². The Labute approximate surface area is 144 Å². The Balaban J connectivity index is 1.74. The molecule has 0 aliphatic heterocycles. The van der Waals surface area contributed by atoms with Gasteiger partial charge in [0, 0.05) is 34.5 Å². The standard InChI is InChI=1S/C18H23NO4S/c1-2-9-23-18-13-19-15(12-17(18)20)14-24(21)11-6-10-22-16-7-4-3-5-8-16/h3-5,7-8,12-13H,2,6,9-11,14H2,1H3,(H,19,20). The maximum absolute atomic E-state index is 12.1. The number of aromatic amines is 1. The number of rotatable bonds is 10. The molecule has 0 bridgehead atoms. The lowest BCUT2D eigenvalue weighted by atomic mass is 10.3. The average molecular weight is 349 g/mol. The van der Waals surface area contributed by atoms with Crippen LogP contribution in [0.3, 0.4) is 0 Å². The SMILES string of the molecule is CCCOc1c[nH]c(CS(=O)CCCOc2ccccc2)cc1=O. The van der Waals surface area contributed by atoms with Gasteiger partial charge in [0.2, 0.25) is 5.43 Å². The van der Waals surface area contributed by atoms with Crippen LogP contribution in [0.15, 0.2) is 47.4 Å². The normalized spacial score (nSPS) is 11.9. The van der Waals surface area contributed by atoms with Crippen LogP contribution in [-0.4, -0.2) is 28.2 Å². The van der Waals surface area contributed by atoms with E-state index in [9.17, 15) is 9.00 Å². The zero-order valence-corrected chi connectivity index (χ0v) is 14.6. The van der Waals surface area contributed by atoms with E-state index in [1.165, 1.54) is 6.07 Å². The zero-order valence-electron chi connectivity index (χ0n) is 13.8. The fourth-order valence-electron chi connectivity index (χ4n) is 2.08. The van der Waals surface area contributed by atoms with Crippen LogP contribution in [0.25, 0.3) is 0 Å². The van der Waals surface area contributed by atoms with Crippen LogP contribution in [0.1, 0.15) is 25.5 Å². The van der Waals surface area contributed by atoms with Crippen molar-refractivity contribution in [1.29, 1.82) is 0 Å². The fourth-order valence-corrected chi connectivity index (χ4v) is 3.18. The first-order valence-corrected chi connectivity index (χ1v) is 9.55. The van der Waals surface area contributed by atoms with Crippen LogP contribution in [0.2, 0.25) is 0 Å². The Hall–Kier alpha value is -2.08. The predicted molar refractivity (Wildman–Crippen MR) is 96.1 cm³/mol. The highest BCUT2D eigenvalue weighted by atomic mass is 32.2. The summed E-state index contributed by atoms with van der Waals surface area (Å²) in [5.41, 5.74) is 0.479. The number of nitrogens with one attached hydrogen (secondary N) is 1. The van der Waals surface area contributed by atoms with Gasteiger partial charge in [-0.15, -0.1) is 0 Å². The molecule has 1 heterocycles. The summed E-state index contributed by atoms with van der Waals surface area (Å²) in [4.78, 5) is 14.9. The molecule has 1 atom stereocenters. The van der Waals surface area contributed by atoms with Crippen LogP contribution in [-0.2, 0) is 16.6 Å². The number of pyridine rings is 1. The van der Waals surface area contributed by atoms with E-state index in [4.69, 9.17) is 9.47 Å². The molecular weight excluding hydrogens is 326 g/mol. The molecular formula is C18H23NO4S. The summed E-state index contributed by atoms with van der Waals surface area (Å²) in [6, 6.07) is 11.0. The highest BCUT2D eigenvalue weighted by molar-refractivity contribution is 7.84. The summed E-state index contributed by atoms with van der Waals surface area (Å²) in [5.74, 6) is 1.98. The van der Waals surface area contributed by atoms with Crippen molar-refractivity contribution in [1.82, 2.24) is 4.98 Å². The average Bonchev–Trinajstić information content (AvgIpc) is 2.59. The van der Waals surface area contributed by atoms with Gasteiger partial charge in [-0.2, -0.15) is 0 Å². The van der Waals surface area contributed by atoms with Crippen LogP contribution >= 0.6 is 0 Å². The first-order valence-electron chi connectivity index (χ1n) is 8.06. The molecule has 0 aliphatic carbocycles. The Morgan fingerprint density at radius 2 is 1.92 bits per heavy atom. The van der Waals surface area contributed by atoms with Gasteiger partial charge in [-0.3, -0.25) is 9.00 Å². The quantitative estimate of drug-likeness (QED) is 0.670. The van der Waals surface area contributed by atoms with Gasteiger partial charge in [0.05, 0.1) is 19.0 Å². The minimum absolute atomic E-state index is 0.179. The monoisotopic (exact) mass is 349 g/mol. The molecule has 0 amide bonds. The van der Waals surface area contributed by atoms with Gasteiger partial charge in [0.15, 0.2) is 5.75 Å². The predicted octanol–water partition coefficient (Wildman–Crippen LogP) is 2.88. The fraction of sp³-hybridized carbons (Fsp3) is 0.389. The highest BCUT2D eigenvalue weighted by Crippen LogP contribution is 2.09. The van der Waals surface area contributed by atoms with Gasteiger partial charge < -0.3 is 14.5 Å². The number of ether oxygens (including phenoxy) is 2. The van der Waals surface area contributed by atoms with E-state index in [0.717, 1.165) is 12.2 Å². The summed E-state index contributed by atoms with van der Waals surface area (Å²) >= 11 is 0. The van der Waals surface area contributed by atoms with Crippen molar-refractivity contribution in [2.45, 2.75) is 25.5 Å². The van der Waals surface area contributed by atoms with Crippen molar-refractivity contribution >= 4 is 10.8 Å². The van der Waals surface area contributed by atoms with E-state index >= 15 is 0 Å². The Morgan fingerprint density at radius 3 is 2.62 bits per heavy atom. The molecule has 0 radical (unpaired) electrons. The molecule has 130 valence electrons. The maximum atomic E-state index is 12.1. The molecule has 0 saturated heterocycles. The minimum Gasteiger partial charge on any atom is -0.494 e. The van der Waals surface area contributed by atoms with Crippen molar-refractivity contribution in [3.8, 4) is 11.5 Å². The summed E-state index contributed by atoms with van der Waals surface area (Å²) in [6.45, 7) is 3.01. The Morgan fingerprint density at radius 1 is 1.12 bits per heavy atom. The summed E-state index contributed by atoms with van der Waals surface area (Å²) in [5, 5.41) is 0. The van der Waals surface area contributed by atoms with E-state index in [-0.39, 0.29) is 5.43 Å². The molecule has 0 saturated carbocycles. The van der Waals surface area contributed by atoms with E-state index in [1.807, 2.05) is 37.3 Å². The molecule has 0 fully saturated rings. The van der Waals surface area contributed by atoms with Gasteiger partial charge in [-0.25, -0.2) is 0 Å². The summed E-state index contributed by atoms with van der Waals surface area (Å²) < 4.78 is 23.0. The lowest BCUT2D eigenvalue weighted by Gasteiger charge is -2.07. The summed E-state index contributed by atoms with van der Waals surface area (Å²) in [7, 11) is -1.04. The van der Waals surface area contributed by atoms with E-state index in [2.05, 4.69) is 4.98 Å². The van der Waals surface area contributed by atoms with Gasteiger partial charge in [-0.05, 0) is 25.0 Å². The van der Waals surface area contributed by atoms with Crippen molar-refractivity contribution in [2.24, 2.45) is 0 Å². The van der Waals surface area contributed by atoms with Crippen LogP contribution in [0.5, 0.6) is 11.5 Å². The van der Waals surface area contributed by atoms with Crippen molar-refractivity contribution < 1.29 is 13.7 Å². The van der Waals surface area contributed by atoms with Crippen LogP contribution in [0.4, 0.5) is 0 Å². The third kappa shape index (κ3) is 6.20. The molecule has 0 spiro atoms. The van der Waals surface area contributed by atoms with E-state index in [1.54, 1.807) is 6.20 Å². The van der Waals surface area contributed by atoms with Crippen LogP contribution < -0.4 is 14.9 Å². The van der Waals surface area contributed by atoms with E-state index in [0.29, 0.717) is 42.6 Å². The number of hydrogen-bond donors (Lipinski definition) is 1. The largest absolute Gasteiger partial charge is 0.494 e. The highest BCUT2D eigenvalue weighted by Gasteiger charge is 2.06. The molecule has 24 heavy (non-hydrogen) atoms. The second-order valence-electron chi connectivity index (χ2n) is 5.34. The number of H-pyrrole nitrogens is 1. The molecule has 1 aromatic heterocycles. The van der Waals surface area contributed by atoms with E-state index < -0.39 is 10.8 Å². The summed E-state index contributed by atoms with van der Waals surface area (Å²) in [6.07, 6.45) is 3.09. The second kappa shape index (κ2) is 9.93. The third-order valence-corrected chi connectivity index (χ3v) is 4.62. The van der Waals surface area contributed by atoms with Crippen LogP contribution in [0, 0.1) is 0 Å². The molecule has 1 aromatic carbocycles. The lowest BCUT2D eigenvalue weighted by Crippen LogP contribution is -2.12. The molecule has 2 rings (SSSR count). The Bertz CT molecular complexity index is 700. The number of para-hydroxylation sites is 1. The molecule has 6 heteroatoms. The first-order chi connectivity index (χ1) is 11.7. The molecule has 5 nitrogen and oxygen atoms in total. The topological polar surface area (TPSA) is 68.4 Å². The van der Waals surface area contributed by atoms with Crippen molar-refractivity contribution in [3.63, 3.8) is 0 Å². The Kier molecular flexibility index (Phi) is 7.55. The molecule has 1 unspecified atom stereocenters. The molecule has 1 N–H and O–H groups in total. The number of hydrogen-bond acceptors (Lipinski definition) is 4. The van der Waals surface area contributed by atoms with Crippen molar-refractivity contribution in [2.75, 3.05) is 19.0 Å². The van der Waals surface area contributed by atoms with Gasteiger partial charge >= 0.3 is 0 Å². The number of aromatic nitrogens is 1. The molecule has 0 aliphatic rings. The van der Waals surface area contributed by atoms with Crippen molar-refractivity contribution in [3.05, 3.63) is 58.5 Å². The first kappa shape index (κ1) is 18.3. The smallest absolute Gasteiger partial charge is 0.223 e. The van der Waals surface area contributed by atoms with Gasteiger partial charge in [0.1, 0.15) is 5.75 Å².